The number of thiophene rings is 1. The molecule has 0 fully saturated rings. The second-order valence-electron chi connectivity index (χ2n) is 4.78. The number of halogens is 3. The standard InChI is InChI=1S/C16H19F2N3S.HI/c1-19-16(21-7-5-15-3-2-8-22-15)20-6-4-12-9-13(17)11-14(18)10-12;/h2-3,8-11H,4-7H2,1H3,(H2,19,20,21);1H. The largest absolute Gasteiger partial charge is 0.356 e. The summed E-state index contributed by atoms with van der Waals surface area (Å²) in [6.07, 6.45) is 1.47. The summed E-state index contributed by atoms with van der Waals surface area (Å²) in [6.45, 7) is 1.34. The van der Waals surface area contributed by atoms with E-state index in [1.54, 1.807) is 18.4 Å². The molecule has 0 saturated carbocycles. The second kappa shape index (κ2) is 10.5. The van der Waals surface area contributed by atoms with Crippen molar-refractivity contribution in [2.24, 2.45) is 4.99 Å². The van der Waals surface area contributed by atoms with E-state index in [0.717, 1.165) is 19.0 Å². The van der Waals surface area contributed by atoms with Crippen molar-refractivity contribution in [3.05, 3.63) is 57.8 Å². The van der Waals surface area contributed by atoms with Gasteiger partial charge in [-0.2, -0.15) is 0 Å². The summed E-state index contributed by atoms with van der Waals surface area (Å²) in [7, 11) is 1.70. The fourth-order valence-electron chi connectivity index (χ4n) is 2.06. The van der Waals surface area contributed by atoms with E-state index < -0.39 is 11.6 Å². The highest BCUT2D eigenvalue weighted by Crippen LogP contribution is 2.09. The van der Waals surface area contributed by atoms with Crippen LogP contribution in [0.2, 0.25) is 0 Å². The number of benzene rings is 1. The van der Waals surface area contributed by atoms with E-state index in [0.29, 0.717) is 24.5 Å². The average Bonchev–Trinajstić information content (AvgIpc) is 2.98. The van der Waals surface area contributed by atoms with Gasteiger partial charge in [0.05, 0.1) is 0 Å². The molecule has 0 aliphatic heterocycles. The van der Waals surface area contributed by atoms with Gasteiger partial charge in [0, 0.05) is 31.1 Å². The number of guanidine groups is 1. The third-order valence-electron chi connectivity index (χ3n) is 3.10. The molecule has 1 aromatic heterocycles. The molecular formula is C16H20F2IN3S. The highest BCUT2D eigenvalue weighted by atomic mass is 127. The first-order valence-corrected chi connectivity index (χ1v) is 7.97. The monoisotopic (exact) mass is 451 g/mol. The van der Waals surface area contributed by atoms with Gasteiger partial charge in [-0.05, 0) is 42.0 Å². The number of hydrogen-bond acceptors (Lipinski definition) is 2. The second-order valence-corrected chi connectivity index (χ2v) is 5.82. The number of nitrogens with zero attached hydrogens (tertiary/aromatic N) is 1. The zero-order valence-electron chi connectivity index (χ0n) is 12.8. The van der Waals surface area contributed by atoms with Gasteiger partial charge in [-0.1, -0.05) is 6.07 Å². The molecule has 0 aliphatic carbocycles. The van der Waals surface area contributed by atoms with Crippen LogP contribution >= 0.6 is 35.3 Å². The van der Waals surface area contributed by atoms with E-state index in [1.165, 1.54) is 17.0 Å². The molecule has 1 heterocycles. The smallest absolute Gasteiger partial charge is 0.190 e. The SMILES string of the molecule is CN=C(NCCc1cc(F)cc(F)c1)NCCc1cccs1.I. The van der Waals surface area contributed by atoms with E-state index in [9.17, 15) is 8.78 Å². The van der Waals surface area contributed by atoms with Crippen LogP contribution in [0.25, 0.3) is 0 Å². The lowest BCUT2D eigenvalue weighted by Gasteiger charge is -2.11. The van der Waals surface area contributed by atoms with Gasteiger partial charge in [-0.3, -0.25) is 4.99 Å². The average molecular weight is 451 g/mol. The third-order valence-corrected chi connectivity index (χ3v) is 4.03. The van der Waals surface area contributed by atoms with Crippen LogP contribution in [-0.4, -0.2) is 26.1 Å². The Morgan fingerprint density at radius 2 is 1.74 bits per heavy atom. The van der Waals surface area contributed by atoms with Crippen molar-refractivity contribution in [3.63, 3.8) is 0 Å². The molecule has 0 atom stereocenters. The van der Waals surface area contributed by atoms with Gasteiger partial charge < -0.3 is 10.6 Å². The summed E-state index contributed by atoms with van der Waals surface area (Å²) in [5.74, 6) is -0.407. The minimum atomic E-state index is -0.548. The van der Waals surface area contributed by atoms with Crippen molar-refractivity contribution in [3.8, 4) is 0 Å². The maximum Gasteiger partial charge on any atom is 0.190 e. The molecule has 3 nitrogen and oxygen atoms in total. The quantitative estimate of drug-likeness (QED) is 0.400. The molecule has 2 aromatic rings. The first-order chi connectivity index (χ1) is 10.7. The molecule has 126 valence electrons. The molecule has 7 heteroatoms. The Morgan fingerprint density at radius 3 is 2.30 bits per heavy atom. The summed E-state index contributed by atoms with van der Waals surface area (Å²) in [5, 5.41) is 8.40. The Labute approximate surface area is 156 Å². The van der Waals surface area contributed by atoms with Gasteiger partial charge >= 0.3 is 0 Å². The highest BCUT2D eigenvalue weighted by molar-refractivity contribution is 14.0. The molecular weight excluding hydrogens is 431 g/mol. The predicted molar refractivity (Wildman–Crippen MR) is 103 cm³/mol. The zero-order valence-corrected chi connectivity index (χ0v) is 16.0. The summed E-state index contributed by atoms with van der Waals surface area (Å²) >= 11 is 1.73. The highest BCUT2D eigenvalue weighted by Gasteiger charge is 2.02. The molecule has 0 spiro atoms. The molecule has 0 saturated heterocycles. The molecule has 0 radical (unpaired) electrons. The molecule has 0 amide bonds. The predicted octanol–water partition coefficient (Wildman–Crippen LogP) is 3.59. The summed E-state index contributed by atoms with van der Waals surface area (Å²) in [4.78, 5) is 5.44. The lowest BCUT2D eigenvalue weighted by atomic mass is 10.1. The van der Waals surface area contributed by atoms with Crippen molar-refractivity contribution < 1.29 is 8.78 Å². The molecule has 1 aromatic carbocycles. The van der Waals surface area contributed by atoms with Gasteiger partial charge in [-0.15, -0.1) is 35.3 Å². The molecule has 23 heavy (non-hydrogen) atoms. The van der Waals surface area contributed by atoms with E-state index in [-0.39, 0.29) is 24.0 Å². The lowest BCUT2D eigenvalue weighted by molar-refractivity contribution is 0.579. The van der Waals surface area contributed by atoms with Crippen LogP contribution in [-0.2, 0) is 12.8 Å². The van der Waals surface area contributed by atoms with Crippen molar-refractivity contribution in [2.75, 3.05) is 20.1 Å². The Morgan fingerprint density at radius 1 is 1.09 bits per heavy atom. The van der Waals surface area contributed by atoms with Crippen molar-refractivity contribution in [2.45, 2.75) is 12.8 Å². The van der Waals surface area contributed by atoms with Crippen LogP contribution < -0.4 is 10.6 Å². The third kappa shape index (κ3) is 7.26. The van der Waals surface area contributed by atoms with Crippen LogP contribution in [0.4, 0.5) is 8.78 Å². The minimum Gasteiger partial charge on any atom is -0.356 e. The minimum absolute atomic E-state index is 0. The first-order valence-electron chi connectivity index (χ1n) is 7.09. The number of rotatable bonds is 6. The maximum absolute atomic E-state index is 13.1. The molecule has 0 aliphatic rings. The summed E-state index contributed by atoms with van der Waals surface area (Å²) in [5.41, 5.74) is 0.624. The van der Waals surface area contributed by atoms with Crippen LogP contribution in [0.5, 0.6) is 0 Å². The van der Waals surface area contributed by atoms with Crippen LogP contribution in [0.3, 0.4) is 0 Å². The molecule has 0 unspecified atom stereocenters. The topological polar surface area (TPSA) is 36.4 Å². The summed E-state index contributed by atoms with van der Waals surface area (Å²) < 4.78 is 26.2. The van der Waals surface area contributed by atoms with E-state index >= 15 is 0 Å². The number of aliphatic imine (C=N–C) groups is 1. The summed E-state index contributed by atoms with van der Waals surface area (Å²) in [6, 6.07) is 7.70. The fraction of sp³-hybridized carbons (Fsp3) is 0.312. The van der Waals surface area contributed by atoms with E-state index in [1.807, 2.05) is 6.07 Å². The zero-order chi connectivity index (χ0) is 15.8. The Kier molecular flexibility index (Phi) is 9.08. The van der Waals surface area contributed by atoms with Gasteiger partial charge in [0.25, 0.3) is 0 Å². The van der Waals surface area contributed by atoms with Gasteiger partial charge in [0.1, 0.15) is 11.6 Å². The molecule has 2 N–H and O–H groups in total. The van der Waals surface area contributed by atoms with Crippen LogP contribution in [0.1, 0.15) is 10.4 Å². The van der Waals surface area contributed by atoms with E-state index in [2.05, 4.69) is 27.1 Å². The number of nitrogens with one attached hydrogen (secondary N) is 2. The van der Waals surface area contributed by atoms with Crippen LogP contribution in [0, 0.1) is 11.6 Å². The Hall–Kier alpha value is -1.22. The van der Waals surface area contributed by atoms with Crippen molar-refractivity contribution in [1.82, 2.24) is 10.6 Å². The van der Waals surface area contributed by atoms with Crippen molar-refractivity contribution in [1.29, 1.82) is 0 Å². The molecule has 2 rings (SSSR count). The molecule has 0 bridgehead atoms. The van der Waals surface area contributed by atoms with Crippen LogP contribution in [0.15, 0.2) is 40.7 Å². The van der Waals surface area contributed by atoms with E-state index in [4.69, 9.17) is 0 Å². The van der Waals surface area contributed by atoms with Gasteiger partial charge in [-0.25, -0.2) is 8.78 Å². The van der Waals surface area contributed by atoms with Crippen molar-refractivity contribution >= 4 is 41.3 Å². The first kappa shape index (κ1) is 19.8. The fourth-order valence-corrected chi connectivity index (χ4v) is 2.77. The van der Waals surface area contributed by atoms with Gasteiger partial charge in [0.15, 0.2) is 5.96 Å². The Balaban J connectivity index is 0.00000264. The maximum atomic E-state index is 13.1. The lowest BCUT2D eigenvalue weighted by Crippen LogP contribution is -2.39. The normalized spacial score (nSPS) is 11.0. The van der Waals surface area contributed by atoms with Gasteiger partial charge in [0.2, 0.25) is 0 Å². The Bertz CT molecular complexity index is 598. The number of hydrogen-bond donors (Lipinski definition) is 2.